The Morgan fingerprint density at radius 1 is 1.24 bits per heavy atom. The number of aliphatic carboxylic acids is 2. The van der Waals surface area contributed by atoms with Gasteiger partial charge in [-0.1, -0.05) is 0 Å². The van der Waals surface area contributed by atoms with E-state index in [-0.39, 0.29) is 5.56 Å². The molecule has 0 aliphatic rings. The van der Waals surface area contributed by atoms with Crippen molar-refractivity contribution in [2.75, 3.05) is 0 Å². The molecule has 0 aliphatic heterocycles. The van der Waals surface area contributed by atoms with Crippen LogP contribution in [0.4, 0.5) is 8.78 Å². The Bertz CT molecular complexity index is 494. The highest BCUT2D eigenvalue weighted by molar-refractivity contribution is 5.96. The Labute approximate surface area is 94.8 Å². The molecule has 0 aliphatic carbocycles. The maximum atomic E-state index is 13.2. The minimum atomic E-state index is -1.46. The number of hydrogen-bond acceptors (Lipinski definition) is 2. The van der Waals surface area contributed by atoms with Crippen molar-refractivity contribution in [3.8, 4) is 0 Å². The van der Waals surface area contributed by atoms with Crippen molar-refractivity contribution >= 4 is 18.0 Å². The van der Waals surface area contributed by atoms with Crippen LogP contribution in [0.2, 0.25) is 0 Å². The summed E-state index contributed by atoms with van der Waals surface area (Å²) in [5.41, 5.74) is -0.659. The van der Waals surface area contributed by atoms with Crippen LogP contribution in [0.1, 0.15) is 12.0 Å². The van der Waals surface area contributed by atoms with Gasteiger partial charge in [0.25, 0.3) is 0 Å². The highest BCUT2D eigenvalue weighted by atomic mass is 19.1. The van der Waals surface area contributed by atoms with Crippen molar-refractivity contribution in [3.05, 3.63) is 41.0 Å². The fourth-order valence-electron chi connectivity index (χ4n) is 1.16. The highest BCUT2D eigenvalue weighted by Crippen LogP contribution is 2.15. The average Bonchev–Trinajstić information content (AvgIpc) is 2.19. The zero-order valence-corrected chi connectivity index (χ0v) is 8.48. The van der Waals surface area contributed by atoms with E-state index in [1.54, 1.807) is 0 Å². The molecule has 1 aromatic rings. The number of benzene rings is 1. The number of rotatable bonds is 4. The molecule has 6 heteroatoms. The molecule has 1 rings (SSSR count). The lowest BCUT2D eigenvalue weighted by Gasteiger charge is -2.01. The summed E-state index contributed by atoms with van der Waals surface area (Å²) in [6.07, 6.45) is 0.122. The molecule has 0 radical (unpaired) electrons. The van der Waals surface area contributed by atoms with E-state index in [2.05, 4.69) is 0 Å². The fourth-order valence-corrected chi connectivity index (χ4v) is 1.16. The van der Waals surface area contributed by atoms with Crippen LogP contribution in [-0.2, 0) is 9.59 Å². The third-order valence-electron chi connectivity index (χ3n) is 1.91. The van der Waals surface area contributed by atoms with Crippen molar-refractivity contribution in [1.29, 1.82) is 0 Å². The summed E-state index contributed by atoms with van der Waals surface area (Å²) in [6.45, 7) is 0. The van der Waals surface area contributed by atoms with Crippen LogP contribution >= 0.6 is 0 Å². The Kier molecular flexibility index (Phi) is 3.92. The van der Waals surface area contributed by atoms with E-state index in [0.29, 0.717) is 6.07 Å². The number of hydrogen-bond donors (Lipinski definition) is 2. The zero-order valence-electron chi connectivity index (χ0n) is 8.48. The van der Waals surface area contributed by atoms with E-state index >= 15 is 0 Å². The minimum Gasteiger partial charge on any atom is -0.481 e. The van der Waals surface area contributed by atoms with Gasteiger partial charge in [-0.2, -0.15) is 0 Å². The molecule has 0 amide bonds. The van der Waals surface area contributed by atoms with Crippen LogP contribution in [0.25, 0.3) is 6.08 Å². The number of halogens is 2. The smallest absolute Gasteiger partial charge is 0.332 e. The first-order valence-corrected chi connectivity index (χ1v) is 4.51. The van der Waals surface area contributed by atoms with E-state index in [1.807, 2.05) is 0 Å². The Morgan fingerprint density at radius 3 is 2.35 bits per heavy atom. The molecule has 17 heavy (non-hydrogen) atoms. The lowest BCUT2D eigenvalue weighted by atomic mass is 10.1. The molecular formula is C11H8F2O4. The average molecular weight is 242 g/mol. The normalized spacial score (nSPS) is 11.3. The van der Waals surface area contributed by atoms with Crippen LogP contribution in [0, 0.1) is 11.6 Å². The lowest BCUT2D eigenvalue weighted by Crippen LogP contribution is -2.06. The van der Waals surface area contributed by atoms with E-state index < -0.39 is 35.6 Å². The summed E-state index contributed by atoms with van der Waals surface area (Å²) in [5, 5.41) is 17.2. The second-order valence-corrected chi connectivity index (χ2v) is 3.21. The molecule has 0 aromatic heterocycles. The second-order valence-electron chi connectivity index (χ2n) is 3.21. The Hall–Kier alpha value is -2.24. The fraction of sp³-hybridized carbons (Fsp3) is 0.0909. The number of carbonyl (C=O) groups is 2. The number of carboxylic acids is 2. The quantitative estimate of drug-likeness (QED) is 0.791. The number of carboxylic acid groups (broad SMARTS) is 2. The molecule has 0 saturated heterocycles. The van der Waals surface area contributed by atoms with Gasteiger partial charge in [0.15, 0.2) is 0 Å². The van der Waals surface area contributed by atoms with Gasteiger partial charge < -0.3 is 10.2 Å². The van der Waals surface area contributed by atoms with Crippen molar-refractivity contribution in [2.45, 2.75) is 6.42 Å². The summed E-state index contributed by atoms with van der Waals surface area (Å²) >= 11 is 0. The zero-order chi connectivity index (χ0) is 13.0. The maximum Gasteiger partial charge on any atom is 0.332 e. The molecular weight excluding hydrogens is 234 g/mol. The van der Waals surface area contributed by atoms with Gasteiger partial charge in [0, 0.05) is 17.2 Å². The van der Waals surface area contributed by atoms with Crippen molar-refractivity contribution < 1.29 is 28.6 Å². The first-order valence-electron chi connectivity index (χ1n) is 4.51. The first-order chi connectivity index (χ1) is 7.90. The molecule has 2 N–H and O–H groups in total. The largest absolute Gasteiger partial charge is 0.481 e. The van der Waals surface area contributed by atoms with Crippen LogP contribution < -0.4 is 0 Å². The van der Waals surface area contributed by atoms with Crippen LogP contribution in [0.3, 0.4) is 0 Å². The van der Waals surface area contributed by atoms with Gasteiger partial charge in [-0.3, -0.25) is 4.79 Å². The van der Waals surface area contributed by atoms with Gasteiger partial charge in [-0.15, -0.1) is 0 Å². The van der Waals surface area contributed by atoms with Gasteiger partial charge in [0.1, 0.15) is 11.6 Å². The summed E-state index contributed by atoms with van der Waals surface area (Å²) < 4.78 is 25.8. The summed E-state index contributed by atoms with van der Waals surface area (Å²) in [6, 6.07) is 2.58. The SMILES string of the molecule is O=C(O)C/C(=C\c1ccc(F)cc1F)C(=O)O. The summed E-state index contributed by atoms with van der Waals surface area (Å²) in [5.74, 6) is -4.55. The van der Waals surface area contributed by atoms with Crippen molar-refractivity contribution in [2.24, 2.45) is 0 Å². The van der Waals surface area contributed by atoms with E-state index in [0.717, 1.165) is 18.2 Å². The van der Waals surface area contributed by atoms with Crippen LogP contribution in [0.15, 0.2) is 23.8 Å². The molecule has 0 atom stereocenters. The molecule has 0 unspecified atom stereocenters. The molecule has 4 nitrogen and oxygen atoms in total. The summed E-state index contributed by atoms with van der Waals surface area (Å²) in [4.78, 5) is 21.1. The molecule has 90 valence electrons. The predicted octanol–water partition coefficient (Wildman–Crippen LogP) is 1.91. The molecule has 0 bridgehead atoms. The monoisotopic (exact) mass is 242 g/mol. The predicted molar refractivity (Wildman–Crippen MR) is 54.2 cm³/mol. The van der Waals surface area contributed by atoms with Crippen molar-refractivity contribution in [1.82, 2.24) is 0 Å². The standard InChI is InChI=1S/C11H8F2O4/c12-8-2-1-6(9(13)5-8)3-7(11(16)17)4-10(14)15/h1-3,5H,4H2,(H,14,15)(H,16,17)/b7-3+. The molecule has 1 aromatic carbocycles. The Balaban J connectivity index is 3.12. The van der Waals surface area contributed by atoms with Gasteiger partial charge in [-0.25, -0.2) is 13.6 Å². The lowest BCUT2D eigenvalue weighted by molar-refractivity contribution is -0.139. The van der Waals surface area contributed by atoms with E-state index in [1.165, 1.54) is 0 Å². The third kappa shape index (κ3) is 3.67. The van der Waals surface area contributed by atoms with Gasteiger partial charge in [0.2, 0.25) is 0 Å². The molecule has 0 fully saturated rings. The van der Waals surface area contributed by atoms with E-state index in [4.69, 9.17) is 10.2 Å². The Morgan fingerprint density at radius 2 is 1.88 bits per heavy atom. The maximum absolute atomic E-state index is 13.2. The van der Waals surface area contributed by atoms with E-state index in [9.17, 15) is 18.4 Å². The first kappa shape index (κ1) is 12.8. The van der Waals surface area contributed by atoms with Gasteiger partial charge in [-0.05, 0) is 18.2 Å². The minimum absolute atomic E-state index is 0.176. The highest BCUT2D eigenvalue weighted by Gasteiger charge is 2.13. The molecule has 0 heterocycles. The van der Waals surface area contributed by atoms with Gasteiger partial charge in [0.05, 0.1) is 6.42 Å². The topological polar surface area (TPSA) is 74.6 Å². The van der Waals surface area contributed by atoms with Crippen molar-refractivity contribution in [3.63, 3.8) is 0 Å². The second kappa shape index (κ2) is 5.20. The molecule has 0 spiro atoms. The molecule has 0 saturated carbocycles. The third-order valence-corrected chi connectivity index (χ3v) is 1.91. The van der Waals surface area contributed by atoms with Gasteiger partial charge >= 0.3 is 11.9 Å². The summed E-state index contributed by atoms with van der Waals surface area (Å²) in [7, 11) is 0. The van der Waals surface area contributed by atoms with Crippen LogP contribution in [0.5, 0.6) is 0 Å². The van der Waals surface area contributed by atoms with Crippen LogP contribution in [-0.4, -0.2) is 22.2 Å².